The molecule has 1 aromatic rings. The molecule has 2 rings (SSSR count). The van der Waals surface area contributed by atoms with Gasteiger partial charge in [-0.1, -0.05) is 0 Å². The number of nitrogens with one attached hydrogen (secondary N) is 2. The summed E-state index contributed by atoms with van der Waals surface area (Å²) in [5.74, 6) is -2.30. The zero-order chi connectivity index (χ0) is 13.1. The Morgan fingerprint density at radius 2 is 1.94 bits per heavy atom. The zero-order valence-corrected chi connectivity index (χ0v) is 9.50. The van der Waals surface area contributed by atoms with Crippen LogP contribution in [-0.4, -0.2) is 18.4 Å². The first-order valence-corrected chi connectivity index (χ1v) is 5.58. The van der Waals surface area contributed by atoms with Crippen molar-refractivity contribution in [3.63, 3.8) is 0 Å². The van der Waals surface area contributed by atoms with Gasteiger partial charge < -0.3 is 10.6 Å². The number of amides is 2. The number of hydrogen-bond donors (Lipinski definition) is 2. The van der Waals surface area contributed by atoms with Crippen molar-refractivity contribution in [2.75, 3.05) is 11.9 Å². The molecule has 2 amide bonds. The average Bonchev–Trinajstić information content (AvgIpc) is 2.28. The van der Waals surface area contributed by atoms with E-state index in [4.69, 9.17) is 0 Å². The molecule has 0 saturated carbocycles. The van der Waals surface area contributed by atoms with Gasteiger partial charge in [0.1, 0.15) is 11.6 Å². The number of anilines is 1. The van der Waals surface area contributed by atoms with Crippen LogP contribution >= 0.6 is 0 Å². The summed E-state index contributed by atoms with van der Waals surface area (Å²) in [5, 5.41) is 5.01. The summed E-state index contributed by atoms with van der Waals surface area (Å²) in [6.07, 6.45) is 0.727. The highest BCUT2D eigenvalue weighted by atomic mass is 19.1. The van der Waals surface area contributed by atoms with Gasteiger partial charge in [-0.25, -0.2) is 8.78 Å². The summed E-state index contributed by atoms with van der Waals surface area (Å²) < 4.78 is 25.8. The van der Waals surface area contributed by atoms with Crippen LogP contribution in [0.4, 0.5) is 14.5 Å². The largest absolute Gasteiger partial charge is 0.355 e. The Morgan fingerprint density at radius 3 is 2.50 bits per heavy atom. The lowest BCUT2D eigenvalue weighted by Gasteiger charge is -2.21. The number of benzene rings is 1. The van der Waals surface area contributed by atoms with E-state index in [1.165, 1.54) is 0 Å². The Kier molecular flexibility index (Phi) is 3.55. The maximum absolute atomic E-state index is 12.9. The van der Waals surface area contributed by atoms with Gasteiger partial charge in [-0.15, -0.1) is 0 Å². The van der Waals surface area contributed by atoms with Crippen molar-refractivity contribution in [1.82, 2.24) is 5.32 Å². The molecular weight excluding hydrogens is 242 g/mol. The van der Waals surface area contributed by atoms with Gasteiger partial charge in [0.05, 0.1) is 5.92 Å². The maximum atomic E-state index is 12.9. The third kappa shape index (κ3) is 3.03. The topological polar surface area (TPSA) is 58.2 Å². The lowest BCUT2D eigenvalue weighted by Crippen LogP contribution is -2.40. The lowest BCUT2D eigenvalue weighted by atomic mass is 9.98. The first-order valence-electron chi connectivity index (χ1n) is 5.58. The maximum Gasteiger partial charge on any atom is 0.229 e. The highest BCUT2D eigenvalue weighted by Gasteiger charge is 2.24. The SMILES string of the molecule is O=C1CCC(C(=O)Nc2cc(F)cc(F)c2)CN1. The Morgan fingerprint density at radius 1 is 1.28 bits per heavy atom. The van der Waals surface area contributed by atoms with Gasteiger partial charge in [-0.2, -0.15) is 0 Å². The van der Waals surface area contributed by atoms with Gasteiger partial charge in [-0.05, 0) is 18.6 Å². The Hall–Kier alpha value is -1.98. The molecule has 0 radical (unpaired) electrons. The lowest BCUT2D eigenvalue weighted by molar-refractivity contribution is -0.126. The van der Waals surface area contributed by atoms with E-state index < -0.39 is 11.6 Å². The van der Waals surface area contributed by atoms with Crippen LogP contribution in [0.3, 0.4) is 0 Å². The first kappa shape index (κ1) is 12.5. The van der Waals surface area contributed by atoms with Gasteiger partial charge in [0.2, 0.25) is 11.8 Å². The van der Waals surface area contributed by atoms with Crippen molar-refractivity contribution in [3.8, 4) is 0 Å². The summed E-state index contributed by atoms with van der Waals surface area (Å²) in [4.78, 5) is 22.7. The highest BCUT2D eigenvalue weighted by Crippen LogP contribution is 2.16. The summed E-state index contributed by atoms with van der Waals surface area (Å²) in [6, 6.07) is 2.82. The van der Waals surface area contributed by atoms with Crippen LogP contribution in [-0.2, 0) is 9.59 Å². The van der Waals surface area contributed by atoms with Gasteiger partial charge in [0.15, 0.2) is 0 Å². The fourth-order valence-corrected chi connectivity index (χ4v) is 1.83. The molecule has 0 spiro atoms. The molecular formula is C12H12F2N2O2. The van der Waals surface area contributed by atoms with E-state index in [9.17, 15) is 18.4 Å². The summed E-state index contributed by atoms with van der Waals surface area (Å²) >= 11 is 0. The molecule has 1 saturated heterocycles. The summed E-state index contributed by atoms with van der Waals surface area (Å²) in [5.41, 5.74) is 0.0781. The van der Waals surface area contributed by atoms with Crippen LogP contribution in [0.15, 0.2) is 18.2 Å². The molecule has 2 N–H and O–H groups in total. The van der Waals surface area contributed by atoms with Gasteiger partial charge >= 0.3 is 0 Å². The molecule has 96 valence electrons. The van der Waals surface area contributed by atoms with E-state index in [1.54, 1.807) is 0 Å². The number of piperidine rings is 1. The van der Waals surface area contributed by atoms with E-state index in [0.29, 0.717) is 6.42 Å². The molecule has 0 aromatic heterocycles. The van der Waals surface area contributed by atoms with Crippen LogP contribution in [0, 0.1) is 17.6 Å². The number of carbonyl (C=O) groups is 2. The molecule has 4 nitrogen and oxygen atoms in total. The first-order chi connectivity index (χ1) is 8.54. The van der Waals surface area contributed by atoms with E-state index in [1.807, 2.05) is 0 Å². The molecule has 18 heavy (non-hydrogen) atoms. The van der Waals surface area contributed by atoms with Crippen LogP contribution in [0.25, 0.3) is 0 Å². The van der Waals surface area contributed by atoms with Crippen molar-refractivity contribution in [2.45, 2.75) is 12.8 Å². The Bertz CT molecular complexity index is 461. The van der Waals surface area contributed by atoms with Crippen molar-refractivity contribution >= 4 is 17.5 Å². The smallest absolute Gasteiger partial charge is 0.229 e. The third-order valence-electron chi connectivity index (χ3n) is 2.77. The zero-order valence-electron chi connectivity index (χ0n) is 9.50. The minimum absolute atomic E-state index is 0.0781. The standard InChI is InChI=1S/C12H12F2N2O2/c13-8-3-9(14)5-10(4-8)16-12(18)7-1-2-11(17)15-6-7/h3-5,7H,1-2,6H2,(H,15,17)(H,16,18). The predicted octanol–water partition coefficient (Wildman–Crippen LogP) is 1.43. The Balaban J connectivity index is 2.00. The molecule has 1 aromatic carbocycles. The van der Waals surface area contributed by atoms with E-state index in [0.717, 1.165) is 18.2 Å². The minimum atomic E-state index is -0.748. The second-order valence-electron chi connectivity index (χ2n) is 4.19. The van der Waals surface area contributed by atoms with Gasteiger partial charge in [-0.3, -0.25) is 9.59 Å². The van der Waals surface area contributed by atoms with E-state index in [2.05, 4.69) is 10.6 Å². The summed E-state index contributed by atoms with van der Waals surface area (Å²) in [7, 11) is 0. The molecule has 0 bridgehead atoms. The second kappa shape index (κ2) is 5.12. The fraction of sp³-hybridized carbons (Fsp3) is 0.333. The second-order valence-corrected chi connectivity index (χ2v) is 4.19. The highest BCUT2D eigenvalue weighted by molar-refractivity contribution is 5.94. The number of halogens is 2. The van der Waals surface area contributed by atoms with Crippen molar-refractivity contribution in [2.24, 2.45) is 5.92 Å². The number of rotatable bonds is 2. The fourth-order valence-electron chi connectivity index (χ4n) is 1.83. The predicted molar refractivity (Wildman–Crippen MR) is 60.7 cm³/mol. The van der Waals surface area contributed by atoms with Crippen LogP contribution in [0.2, 0.25) is 0 Å². The van der Waals surface area contributed by atoms with Crippen LogP contribution in [0.5, 0.6) is 0 Å². The summed E-state index contributed by atoms with van der Waals surface area (Å²) in [6.45, 7) is 0.252. The van der Waals surface area contributed by atoms with Crippen molar-refractivity contribution in [1.29, 1.82) is 0 Å². The normalized spacial score (nSPS) is 19.2. The molecule has 1 aliphatic heterocycles. The molecule has 1 heterocycles. The van der Waals surface area contributed by atoms with Crippen LogP contribution in [0.1, 0.15) is 12.8 Å². The molecule has 1 atom stereocenters. The van der Waals surface area contributed by atoms with E-state index >= 15 is 0 Å². The van der Waals surface area contributed by atoms with Crippen molar-refractivity contribution in [3.05, 3.63) is 29.8 Å². The van der Waals surface area contributed by atoms with Crippen molar-refractivity contribution < 1.29 is 18.4 Å². The quantitative estimate of drug-likeness (QED) is 0.838. The molecule has 6 heteroatoms. The molecule has 0 aliphatic carbocycles. The number of hydrogen-bond acceptors (Lipinski definition) is 2. The van der Waals surface area contributed by atoms with Gasteiger partial charge in [0, 0.05) is 24.7 Å². The molecule has 1 fully saturated rings. The third-order valence-corrected chi connectivity index (χ3v) is 2.77. The average molecular weight is 254 g/mol. The van der Waals surface area contributed by atoms with Gasteiger partial charge in [0.25, 0.3) is 0 Å². The van der Waals surface area contributed by atoms with Crippen LogP contribution < -0.4 is 10.6 Å². The monoisotopic (exact) mass is 254 g/mol. The number of carbonyl (C=O) groups excluding carboxylic acids is 2. The molecule has 1 unspecified atom stereocenters. The Labute approximate surface area is 102 Å². The molecule has 1 aliphatic rings. The minimum Gasteiger partial charge on any atom is -0.355 e. The van der Waals surface area contributed by atoms with E-state index in [-0.39, 0.29) is 36.4 Å².